The van der Waals surface area contributed by atoms with E-state index in [0.717, 1.165) is 57.9 Å². The van der Waals surface area contributed by atoms with Crippen LogP contribution in [0.1, 0.15) is 131 Å². The Kier molecular flexibility index (Phi) is 11.2. The highest BCUT2D eigenvalue weighted by atomic mass is 28.3. The van der Waals surface area contributed by atoms with E-state index in [1.807, 2.05) is 0 Å². The molecule has 1 aliphatic carbocycles. The molecule has 0 radical (unpaired) electrons. The normalized spacial score (nSPS) is 16.0. The zero-order valence-corrected chi connectivity index (χ0v) is 47.6. The van der Waals surface area contributed by atoms with Crippen LogP contribution in [-0.4, -0.2) is 14.8 Å². The first-order valence-corrected chi connectivity index (χ1v) is 30.4. The van der Waals surface area contributed by atoms with Gasteiger partial charge in [-0.2, -0.15) is 0 Å². The van der Waals surface area contributed by atoms with E-state index in [1.54, 1.807) is 0 Å². The van der Waals surface area contributed by atoms with Gasteiger partial charge in [0.2, 0.25) is 0 Å². The van der Waals surface area contributed by atoms with Gasteiger partial charge in [0.05, 0.1) is 25.1 Å². The second-order valence-corrected chi connectivity index (χ2v) is 32.1. The van der Waals surface area contributed by atoms with Gasteiger partial charge in [-0.1, -0.05) is 188 Å². The lowest BCUT2D eigenvalue weighted by Gasteiger charge is -2.47. The van der Waals surface area contributed by atoms with Crippen LogP contribution in [0.3, 0.4) is 0 Å². The summed E-state index contributed by atoms with van der Waals surface area (Å²) in [5, 5.41) is 2.59. The summed E-state index contributed by atoms with van der Waals surface area (Å²) in [6.45, 7) is 37.9. The van der Waals surface area contributed by atoms with Crippen LogP contribution in [0, 0.1) is 0 Å². The smallest absolute Gasteiger partial charge is 0.297 e. The Morgan fingerprint density at radius 2 is 1.08 bits per heavy atom. The minimum absolute atomic E-state index is 0.00394. The van der Waals surface area contributed by atoms with Gasteiger partial charge in [0.1, 0.15) is 5.58 Å². The average molecular weight is 978 g/mol. The molecule has 3 heterocycles. The average Bonchev–Trinajstić information content (AvgIpc) is 3.71. The molecule has 73 heavy (non-hydrogen) atoms. The standard InChI is InChI=1S/C67H76BN3OSi/c1-63(2,3)43-26-29-47(30-27-43)70-57-39-48(69(45-22-18-17-19-23-45)46-31-33-49(34-32-46)73(14,15)16)40-58-60(57)68(62-61(70)50-38-44(64(4,5)6)28-35-59(50)72-62)54-41-52-53(67(12,13)37-36-66(52,10)11)42-56(54)71(58)55-25-21-20-24-51(55)65(7,8)9/h17-35,38-42H,36-37H2,1-16H3. The third-order valence-corrected chi connectivity index (χ3v) is 18.8. The number of benzene rings is 7. The molecule has 0 bridgehead atoms. The van der Waals surface area contributed by atoms with Gasteiger partial charge in [0.25, 0.3) is 6.71 Å². The zero-order chi connectivity index (χ0) is 51.9. The Morgan fingerprint density at radius 3 is 1.68 bits per heavy atom. The molecule has 0 spiro atoms. The van der Waals surface area contributed by atoms with Crippen molar-refractivity contribution in [2.45, 2.75) is 150 Å². The van der Waals surface area contributed by atoms with Crippen molar-refractivity contribution in [2.24, 2.45) is 0 Å². The van der Waals surface area contributed by atoms with E-state index in [0.29, 0.717) is 0 Å². The van der Waals surface area contributed by atoms with Gasteiger partial charge in [0.15, 0.2) is 0 Å². The first-order chi connectivity index (χ1) is 34.2. The fourth-order valence-electron chi connectivity index (χ4n) is 12.2. The highest BCUT2D eigenvalue weighted by molar-refractivity contribution is 7.00. The molecule has 0 N–H and O–H groups in total. The Morgan fingerprint density at radius 1 is 0.521 bits per heavy atom. The van der Waals surface area contributed by atoms with E-state index in [2.05, 4.69) is 270 Å². The topological polar surface area (TPSA) is 22.9 Å². The molecule has 7 aromatic carbocycles. The van der Waals surface area contributed by atoms with Crippen LogP contribution in [0.4, 0.5) is 51.2 Å². The molecule has 3 aliphatic rings. The Labute approximate surface area is 438 Å². The fraction of sp³-hybridized carbons (Fsp3) is 0.343. The fourth-order valence-corrected chi connectivity index (χ4v) is 13.4. The molecule has 0 atom stereocenters. The minimum atomic E-state index is -1.58. The monoisotopic (exact) mass is 978 g/mol. The molecule has 0 fully saturated rings. The van der Waals surface area contributed by atoms with Gasteiger partial charge < -0.3 is 19.1 Å². The van der Waals surface area contributed by atoms with Crippen LogP contribution < -0.4 is 36.5 Å². The maximum Gasteiger partial charge on any atom is 0.297 e. The molecule has 0 amide bonds. The molecule has 0 saturated carbocycles. The molecule has 6 heteroatoms. The van der Waals surface area contributed by atoms with E-state index in [1.165, 1.54) is 66.7 Å². The molecular weight excluding hydrogens is 902 g/mol. The number of furan rings is 1. The number of anilines is 9. The number of hydrogen-bond acceptors (Lipinski definition) is 4. The minimum Gasteiger partial charge on any atom is -0.468 e. The van der Waals surface area contributed by atoms with Gasteiger partial charge in [-0.15, -0.1) is 0 Å². The quantitative estimate of drug-likeness (QED) is 0.155. The molecule has 11 rings (SSSR count). The molecule has 4 nitrogen and oxygen atoms in total. The lowest BCUT2D eigenvalue weighted by atomic mass is 9.35. The highest BCUT2D eigenvalue weighted by Gasteiger charge is 2.50. The van der Waals surface area contributed by atoms with E-state index in [-0.39, 0.29) is 33.8 Å². The van der Waals surface area contributed by atoms with Gasteiger partial charge in [-0.3, -0.25) is 0 Å². The summed E-state index contributed by atoms with van der Waals surface area (Å²) in [4.78, 5) is 7.72. The summed E-state index contributed by atoms with van der Waals surface area (Å²) in [7, 11) is -1.58. The van der Waals surface area contributed by atoms with Crippen LogP contribution in [-0.2, 0) is 27.1 Å². The van der Waals surface area contributed by atoms with Crippen molar-refractivity contribution < 1.29 is 4.42 Å². The molecular formula is C67H76BN3OSi. The lowest BCUT2D eigenvalue weighted by molar-refractivity contribution is 0.332. The third-order valence-electron chi connectivity index (χ3n) is 16.7. The second kappa shape index (κ2) is 16.6. The second-order valence-electron chi connectivity index (χ2n) is 27.0. The van der Waals surface area contributed by atoms with Crippen LogP contribution >= 0.6 is 0 Å². The Hall–Kier alpha value is -6.24. The van der Waals surface area contributed by atoms with Crippen LogP contribution in [0.15, 0.2) is 150 Å². The van der Waals surface area contributed by atoms with Crippen LogP contribution in [0.2, 0.25) is 19.6 Å². The summed E-state index contributed by atoms with van der Waals surface area (Å²) in [5.41, 5.74) is 21.4. The maximum absolute atomic E-state index is 7.54. The highest BCUT2D eigenvalue weighted by Crippen LogP contribution is 2.54. The van der Waals surface area contributed by atoms with Crippen LogP contribution in [0.25, 0.3) is 11.0 Å². The SMILES string of the molecule is CC(C)(C)c1ccc(N2c3cc(N(c4ccccc4)c4ccc([Si](C)(C)C)cc4)cc4c3B(c3cc5c(cc3N4c3ccccc3C(C)(C)C)C(C)(C)CCC5(C)C)c3oc4ccc(C(C)(C)C)cc4c32)cc1. The number of para-hydroxylation sites is 2. The number of nitrogens with zero attached hydrogens (tertiary/aromatic N) is 3. The lowest BCUT2D eigenvalue weighted by Crippen LogP contribution is -2.61. The van der Waals surface area contributed by atoms with Crippen molar-refractivity contribution in [3.05, 3.63) is 173 Å². The van der Waals surface area contributed by atoms with Crippen molar-refractivity contribution in [1.82, 2.24) is 0 Å². The summed E-state index contributed by atoms with van der Waals surface area (Å²) >= 11 is 0. The molecule has 0 unspecified atom stereocenters. The van der Waals surface area contributed by atoms with E-state index < -0.39 is 8.07 Å². The molecule has 372 valence electrons. The summed E-state index contributed by atoms with van der Waals surface area (Å²) in [6.07, 6.45) is 2.27. The Bertz CT molecular complexity index is 3450. The molecule has 2 aliphatic heterocycles. The van der Waals surface area contributed by atoms with Crippen molar-refractivity contribution in [2.75, 3.05) is 14.7 Å². The van der Waals surface area contributed by atoms with Crippen molar-refractivity contribution >= 4 is 98.7 Å². The largest absolute Gasteiger partial charge is 0.468 e. The van der Waals surface area contributed by atoms with E-state index >= 15 is 0 Å². The number of rotatable bonds is 6. The van der Waals surface area contributed by atoms with Crippen molar-refractivity contribution in [3.8, 4) is 0 Å². The van der Waals surface area contributed by atoms with E-state index in [4.69, 9.17) is 4.42 Å². The summed E-state index contributed by atoms with van der Waals surface area (Å²) in [6, 6.07) is 56.2. The number of hydrogen-bond donors (Lipinski definition) is 0. The molecule has 8 aromatic rings. The molecule has 1 aromatic heterocycles. The first kappa shape index (κ1) is 49.0. The summed E-state index contributed by atoms with van der Waals surface area (Å²) < 4.78 is 7.54. The third kappa shape index (κ3) is 8.18. The van der Waals surface area contributed by atoms with Gasteiger partial charge in [-0.25, -0.2) is 0 Å². The molecule has 0 saturated heterocycles. The van der Waals surface area contributed by atoms with Crippen molar-refractivity contribution in [3.63, 3.8) is 0 Å². The number of fused-ring (bicyclic) bond motifs is 7. The first-order valence-electron chi connectivity index (χ1n) is 26.9. The van der Waals surface area contributed by atoms with Gasteiger partial charge in [0, 0.05) is 45.2 Å². The van der Waals surface area contributed by atoms with Gasteiger partial charge in [-0.05, 0) is 151 Å². The van der Waals surface area contributed by atoms with E-state index in [9.17, 15) is 0 Å². The van der Waals surface area contributed by atoms with Gasteiger partial charge >= 0.3 is 0 Å². The predicted octanol–water partition coefficient (Wildman–Crippen LogP) is 16.8. The van der Waals surface area contributed by atoms with Crippen LogP contribution in [0.5, 0.6) is 0 Å². The zero-order valence-electron chi connectivity index (χ0n) is 46.6. The summed E-state index contributed by atoms with van der Waals surface area (Å²) in [5.74, 6) is 0. The maximum atomic E-state index is 7.54. The predicted molar refractivity (Wildman–Crippen MR) is 319 cm³/mol. The Balaban J connectivity index is 1.33. The van der Waals surface area contributed by atoms with Crippen molar-refractivity contribution in [1.29, 1.82) is 0 Å².